The number of imidazole rings is 1. The van der Waals surface area contributed by atoms with Gasteiger partial charge < -0.3 is 23.9 Å². The van der Waals surface area contributed by atoms with Gasteiger partial charge >= 0.3 is 0 Å². The van der Waals surface area contributed by atoms with Crippen molar-refractivity contribution < 1.29 is 23.4 Å². The first-order valence-corrected chi connectivity index (χ1v) is 9.17. The van der Waals surface area contributed by atoms with Gasteiger partial charge in [0.05, 0.1) is 37.1 Å². The van der Waals surface area contributed by atoms with Crippen LogP contribution in [0, 0.1) is 5.82 Å². The summed E-state index contributed by atoms with van der Waals surface area (Å²) < 4.78 is 31.3. The third-order valence-electron chi connectivity index (χ3n) is 4.15. The first-order valence-electron chi connectivity index (χ1n) is 8.38. The maximum Gasteiger partial charge on any atom is 0.252 e. The minimum absolute atomic E-state index is 0.305. The van der Waals surface area contributed by atoms with E-state index in [1.54, 1.807) is 22.7 Å². The largest absolute Gasteiger partial charge is 0.493 e. The number of nitrogens with one attached hydrogen (secondary N) is 1. The molecule has 148 valence electrons. The van der Waals surface area contributed by atoms with Gasteiger partial charge in [0.2, 0.25) is 5.75 Å². The van der Waals surface area contributed by atoms with E-state index in [-0.39, 0.29) is 11.7 Å². The predicted octanol–water partition coefficient (Wildman–Crippen LogP) is 3.23. The Labute approximate surface area is 169 Å². The maximum absolute atomic E-state index is 13.3. The van der Waals surface area contributed by atoms with E-state index in [0.29, 0.717) is 45.9 Å². The van der Waals surface area contributed by atoms with Crippen LogP contribution < -0.4 is 19.5 Å². The van der Waals surface area contributed by atoms with Gasteiger partial charge in [-0.05, 0) is 34.1 Å². The van der Waals surface area contributed by atoms with E-state index < -0.39 is 0 Å². The van der Waals surface area contributed by atoms with E-state index in [1.165, 1.54) is 33.6 Å². The Morgan fingerprint density at radius 1 is 1.18 bits per heavy atom. The van der Waals surface area contributed by atoms with Gasteiger partial charge in [-0.15, -0.1) is 0 Å². The molecule has 0 spiro atoms. The summed E-state index contributed by atoms with van der Waals surface area (Å²) >= 11 is 3.39. The van der Waals surface area contributed by atoms with Crippen LogP contribution in [0.25, 0.3) is 5.65 Å². The van der Waals surface area contributed by atoms with Crippen molar-refractivity contribution in [2.45, 2.75) is 6.42 Å². The number of fused-ring (bicyclic) bond motifs is 1. The fourth-order valence-electron chi connectivity index (χ4n) is 2.82. The summed E-state index contributed by atoms with van der Waals surface area (Å²) in [6.45, 7) is 0.355. The molecule has 28 heavy (non-hydrogen) atoms. The van der Waals surface area contributed by atoms with Crippen LogP contribution in [-0.2, 0) is 6.42 Å². The van der Waals surface area contributed by atoms with Gasteiger partial charge in [0, 0.05) is 25.4 Å². The van der Waals surface area contributed by atoms with Gasteiger partial charge in [-0.1, -0.05) is 0 Å². The predicted molar refractivity (Wildman–Crippen MR) is 105 cm³/mol. The zero-order valence-electron chi connectivity index (χ0n) is 15.6. The van der Waals surface area contributed by atoms with Crippen LogP contribution >= 0.6 is 15.9 Å². The molecule has 1 aromatic carbocycles. The molecule has 0 aliphatic heterocycles. The molecule has 0 atom stereocenters. The lowest BCUT2D eigenvalue weighted by atomic mass is 10.1. The number of methoxy groups -OCH3 is 3. The SMILES string of the molecule is COc1cc(C(=O)NCCc2cn3cc(F)ccc3n2)c(Br)c(OC)c1OC. The molecule has 3 aromatic rings. The highest BCUT2D eigenvalue weighted by Crippen LogP contribution is 2.44. The molecule has 0 saturated heterocycles. The highest BCUT2D eigenvalue weighted by molar-refractivity contribution is 9.10. The number of ether oxygens (including phenoxy) is 3. The molecule has 0 fully saturated rings. The molecule has 0 saturated carbocycles. The first-order chi connectivity index (χ1) is 13.5. The highest BCUT2D eigenvalue weighted by Gasteiger charge is 2.22. The third-order valence-corrected chi connectivity index (χ3v) is 4.93. The van der Waals surface area contributed by atoms with Crippen molar-refractivity contribution in [3.05, 3.63) is 52.1 Å². The molecule has 1 N–H and O–H groups in total. The van der Waals surface area contributed by atoms with Crippen LogP contribution in [0.2, 0.25) is 0 Å². The Morgan fingerprint density at radius 3 is 2.61 bits per heavy atom. The van der Waals surface area contributed by atoms with Gasteiger partial charge in [0.1, 0.15) is 11.5 Å². The van der Waals surface area contributed by atoms with Crippen molar-refractivity contribution in [3.8, 4) is 17.2 Å². The van der Waals surface area contributed by atoms with Gasteiger partial charge in [-0.3, -0.25) is 4.79 Å². The van der Waals surface area contributed by atoms with Crippen LogP contribution in [-0.4, -0.2) is 43.2 Å². The summed E-state index contributed by atoms with van der Waals surface area (Å²) in [7, 11) is 4.46. The lowest BCUT2D eigenvalue weighted by Crippen LogP contribution is -2.26. The van der Waals surface area contributed by atoms with Gasteiger partial charge in [-0.25, -0.2) is 9.37 Å². The molecule has 2 aromatic heterocycles. The number of carbonyl (C=O) groups is 1. The number of hydrogen-bond acceptors (Lipinski definition) is 5. The number of halogens is 2. The zero-order valence-corrected chi connectivity index (χ0v) is 17.2. The molecule has 0 unspecified atom stereocenters. The van der Waals surface area contributed by atoms with Gasteiger partial charge in [-0.2, -0.15) is 0 Å². The summed E-state index contributed by atoms with van der Waals surface area (Å²) in [5.41, 5.74) is 1.75. The standard InChI is InChI=1S/C19H19BrFN3O4/c1-26-14-8-13(16(20)18(28-3)17(14)27-2)19(25)22-7-6-12-10-24-9-11(21)4-5-15(24)23-12/h4-5,8-10H,6-7H2,1-3H3,(H,22,25). The molecule has 7 nitrogen and oxygen atoms in total. The fraction of sp³-hybridized carbons (Fsp3) is 0.263. The summed E-state index contributed by atoms with van der Waals surface area (Å²) in [5.74, 6) is 0.507. The lowest BCUT2D eigenvalue weighted by Gasteiger charge is -2.16. The second-order valence-electron chi connectivity index (χ2n) is 5.86. The van der Waals surface area contributed by atoms with E-state index in [0.717, 1.165) is 5.69 Å². The molecule has 0 bridgehead atoms. The number of pyridine rings is 1. The van der Waals surface area contributed by atoms with E-state index >= 15 is 0 Å². The average Bonchev–Trinajstić information content (AvgIpc) is 3.08. The first kappa shape index (κ1) is 19.9. The quantitative estimate of drug-likeness (QED) is 0.596. The summed E-state index contributed by atoms with van der Waals surface area (Å²) in [4.78, 5) is 17.0. The number of hydrogen-bond donors (Lipinski definition) is 1. The van der Waals surface area contributed by atoms with Crippen molar-refractivity contribution in [3.63, 3.8) is 0 Å². The molecule has 9 heteroatoms. The molecule has 0 aliphatic rings. The summed E-state index contributed by atoms with van der Waals surface area (Å²) in [6.07, 6.45) is 3.59. The van der Waals surface area contributed by atoms with Crippen molar-refractivity contribution in [2.24, 2.45) is 0 Å². The normalized spacial score (nSPS) is 10.8. The molecule has 0 radical (unpaired) electrons. The fourth-order valence-corrected chi connectivity index (χ4v) is 3.46. The van der Waals surface area contributed by atoms with Gasteiger partial charge in [0.25, 0.3) is 5.91 Å². The molecule has 3 rings (SSSR count). The smallest absolute Gasteiger partial charge is 0.252 e. The Balaban J connectivity index is 1.73. The topological polar surface area (TPSA) is 74.1 Å². The minimum atomic E-state index is -0.336. The van der Waals surface area contributed by atoms with E-state index in [4.69, 9.17) is 14.2 Å². The van der Waals surface area contributed by atoms with Crippen LogP contribution in [0.3, 0.4) is 0 Å². The lowest BCUT2D eigenvalue weighted by molar-refractivity contribution is 0.0952. The second kappa shape index (κ2) is 8.47. The highest BCUT2D eigenvalue weighted by atomic mass is 79.9. The van der Waals surface area contributed by atoms with E-state index in [9.17, 15) is 9.18 Å². The third kappa shape index (κ3) is 3.89. The summed E-state index contributed by atoms with van der Waals surface area (Å²) in [5, 5.41) is 2.84. The number of aromatic nitrogens is 2. The van der Waals surface area contributed by atoms with Crippen molar-refractivity contribution in [1.82, 2.24) is 14.7 Å². The Morgan fingerprint density at radius 2 is 1.93 bits per heavy atom. The number of carbonyl (C=O) groups excluding carboxylic acids is 1. The Bertz CT molecular complexity index is 1020. The van der Waals surface area contributed by atoms with E-state index in [2.05, 4.69) is 26.2 Å². The average molecular weight is 452 g/mol. The van der Waals surface area contributed by atoms with Gasteiger partial charge in [0.15, 0.2) is 11.5 Å². The molecular weight excluding hydrogens is 433 g/mol. The Kier molecular flexibility index (Phi) is 6.03. The summed E-state index contributed by atoms with van der Waals surface area (Å²) in [6, 6.07) is 4.54. The monoisotopic (exact) mass is 451 g/mol. The van der Waals surface area contributed by atoms with Crippen LogP contribution in [0.15, 0.2) is 35.1 Å². The molecule has 0 aliphatic carbocycles. The van der Waals surface area contributed by atoms with Crippen molar-refractivity contribution >= 4 is 27.5 Å². The number of rotatable bonds is 7. The number of nitrogens with zero attached hydrogens (tertiary/aromatic N) is 2. The van der Waals surface area contributed by atoms with Crippen LogP contribution in [0.1, 0.15) is 16.1 Å². The molecule has 2 heterocycles. The number of benzene rings is 1. The molecule has 1 amide bonds. The number of amides is 1. The van der Waals surface area contributed by atoms with Crippen molar-refractivity contribution in [1.29, 1.82) is 0 Å². The Hall–Kier alpha value is -2.81. The second-order valence-corrected chi connectivity index (χ2v) is 6.65. The van der Waals surface area contributed by atoms with Crippen LogP contribution in [0.4, 0.5) is 4.39 Å². The maximum atomic E-state index is 13.3. The van der Waals surface area contributed by atoms with Crippen LogP contribution in [0.5, 0.6) is 17.2 Å². The van der Waals surface area contributed by atoms with E-state index in [1.807, 2.05) is 0 Å². The minimum Gasteiger partial charge on any atom is -0.493 e. The molecular formula is C19H19BrFN3O4. The van der Waals surface area contributed by atoms with Crippen molar-refractivity contribution in [2.75, 3.05) is 27.9 Å². The zero-order chi connectivity index (χ0) is 20.3.